The lowest BCUT2D eigenvalue weighted by Gasteiger charge is -2.15. The van der Waals surface area contributed by atoms with Gasteiger partial charge in [-0.25, -0.2) is 13.6 Å². The van der Waals surface area contributed by atoms with Crippen LogP contribution in [0.15, 0.2) is 0 Å². The summed E-state index contributed by atoms with van der Waals surface area (Å²) in [5.74, 6) is -0.0278. The third-order valence-corrected chi connectivity index (χ3v) is 3.46. The van der Waals surface area contributed by atoms with E-state index in [-0.39, 0.29) is 11.7 Å². The second-order valence-electron chi connectivity index (χ2n) is 4.52. The lowest BCUT2D eigenvalue weighted by Crippen LogP contribution is -2.26. The lowest BCUT2D eigenvalue weighted by molar-refractivity contribution is 0.0452. The molecule has 0 heterocycles. The van der Waals surface area contributed by atoms with Crippen molar-refractivity contribution in [3.8, 4) is 0 Å². The second-order valence-corrected chi connectivity index (χ2v) is 6.18. The predicted octanol–water partition coefficient (Wildman–Crippen LogP) is 0.761. The molecule has 0 aliphatic carbocycles. The molecule has 0 spiro atoms. The number of ether oxygens (including phenoxy) is 3. The molecule has 0 amide bonds. The Labute approximate surface area is 116 Å². The molecule has 0 radical (unpaired) electrons. The Kier molecular flexibility index (Phi) is 11.5. The molecule has 0 aromatic carbocycles. The molecule has 19 heavy (non-hydrogen) atoms. The molecule has 0 aromatic rings. The van der Waals surface area contributed by atoms with E-state index in [2.05, 4.69) is 0 Å². The van der Waals surface area contributed by atoms with Crippen LogP contribution >= 0.6 is 0 Å². The van der Waals surface area contributed by atoms with Crippen LogP contribution in [0.25, 0.3) is 0 Å². The molecular formula is C12H27NO5S. The van der Waals surface area contributed by atoms with Gasteiger partial charge in [0.25, 0.3) is 0 Å². The number of hydrogen-bond donors (Lipinski definition) is 1. The Balaban J connectivity index is 3.59. The van der Waals surface area contributed by atoms with E-state index in [4.69, 9.17) is 19.3 Å². The predicted molar refractivity (Wildman–Crippen MR) is 74.5 cm³/mol. The molecule has 0 aliphatic heterocycles. The molecule has 0 fully saturated rings. The highest BCUT2D eigenvalue weighted by atomic mass is 32.2. The second kappa shape index (κ2) is 11.6. The van der Waals surface area contributed by atoms with Gasteiger partial charge in [0.2, 0.25) is 10.0 Å². The van der Waals surface area contributed by atoms with Gasteiger partial charge in [0, 0.05) is 20.3 Å². The Morgan fingerprint density at radius 2 is 1.79 bits per heavy atom. The van der Waals surface area contributed by atoms with Crippen molar-refractivity contribution in [1.82, 2.24) is 0 Å². The maximum Gasteiger partial charge on any atom is 0.209 e. The fraction of sp³-hybridized carbons (Fsp3) is 1.00. The van der Waals surface area contributed by atoms with Crippen LogP contribution in [0, 0.1) is 5.92 Å². The average molecular weight is 297 g/mol. The molecule has 0 saturated carbocycles. The van der Waals surface area contributed by atoms with Crippen LogP contribution in [0.4, 0.5) is 0 Å². The normalized spacial score (nSPS) is 13.6. The summed E-state index contributed by atoms with van der Waals surface area (Å²) >= 11 is 0. The van der Waals surface area contributed by atoms with Gasteiger partial charge in [-0.3, -0.25) is 0 Å². The van der Waals surface area contributed by atoms with Gasteiger partial charge >= 0.3 is 0 Å². The molecule has 0 rings (SSSR count). The number of rotatable bonds is 13. The van der Waals surface area contributed by atoms with Crippen molar-refractivity contribution in [1.29, 1.82) is 0 Å². The summed E-state index contributed by atoms with van der Waals surface area (Å²) in [7, 11) is -1.79. The third kappa shape index (κ3) is 14.0. The average Bonchev–Trinajstić information content (AvgIpc) is 2.31. The van der Waals surface area contributed by atoms with Crippen molar-refractivity contribution in [3.63, 3.8) is 0 Å². The van der Waals surface area contributed by atoms with Crippen LogP contribution < -0.4 is 5.14 Å². The molecule has 2 N–H and O–H groups in total. The zero-order valence-electron chi connectivity index (χ0n) is 12.0. The van der Waals surface area contributed by atoms with Gasteiger partial charge in [-0.1, -0.05) is 13.3 Å². The van der Waals surface area contributed by atoms with Crippen LogP contribution in [-0.2, 0) is 24.2 Å². The van der Waals surface area contributed by atoms with Crippen LogP contribution in [-0.4, -0.2) is 54.3 Å². The monoisotopic (exact) mass is 297 g/mol. The zero-order valence-corrected chi connectivity index (χ0v) is 12.8. The van der Waals surface area contributed by atoms with Gasteiger partial charge in [0.1, 0.15) is 0 Å². The molecule has 0 aromatic heterocycles. The molecule has 116 valence electrons. The SMILES string of the molecule is CCCC(COCCCOCCOC)CS(N)(=O)=O. The topological polar surface area (TPSA) is 87.8 Å². The van der Waals surface area contributed by atoms with E-state index >= 15 is 0 Å². The summed E-state index contributed by atoms with van der Waals surface area (Å²) in [6.07, 6.45) is 2.52. The quantitative estimate of drug-likeness (QED) is 0.507. The van der Waals surface area contributed by atoms with E-state index < -0.39 is 10.0 Å². The van der Waals surface area contributed by atoms with Crippen LogP contribution in [0.1, 0.15) is 26.2 Å². The third-order valence-electron chi connectivity index (χ3n) is 2.53. The molecule has 0 saturated heterocycles. The van der Waals surface area contributed by atoms with Gasteiger partial charge in [-0.05, 0) is 18.8 Å². The summed E-state index contributed by atoms with van der Waals surface area (Å²) in [6, 6.07) is 0. The van der Waals surface area contributed by atoms with Crippen molar-refractivity contribution >= 4 is 10.0 Å². The molecule has 1 unspecified atom stereocenters. The van der Waals surface area contributed by atoms with Crippen LogP contribution in [0.5, 0.6) is 0 Å². The Morgan fingerprint density at radius 1 is 1.11 bits per heavy atom. The zero-order chi connectivity index (χ0) is 14.6. The first-order valence-electron chi connectivity index (χ1n) is 6.64. The highest BCUT2D eigenvalue weighted by Crippen LogP contribution is 2.09. The first-order chi connectivity index (χ1) is 8.99. The summed E-state index contributed by atoms with van der Waals surface area (Å²) in [6.45, 7) is 4.81. The smallest absolute Gasteiger partial charge is 0.209 e. The van der Waals surface area contributed by atoms with Crippen molar-refractivity contribution < 1.29 is 22.6 Å². The standard InChI is InChI=1S/C12H27NO5S/c1-3-5-12(11-19(13,14)15)10-18-7-4-6-17-9-8-16-2/h12H,3-11H2,1-2H3,(H2,13,14,15). The van der Waals surface area contributed by atoms with Gasteiger partial charge in [0.15, 0.2) is 0 Å². The molecule has 1 atom stereocenters. The van der Waals surface area contributed by atoms with Crippen LogP contribution in [0.2, 0.25) is 0 Å². The lowest BCUT2D eigenvalue weighted by atomic mass is 10.1. The van der Waals surface area contributed by atoms with E-state index in [1.807, 2.05) is 6.92 Å². The van der Waals surface area contributed by atoms with Gasteiger partial charge in [-0.15, -0.1) is 0 Å². The first-order valence-corrected chi connectivity index (χ1v) is 8.36. The highest BCUT2D eigenvalue weighted by Gasteiger charge is 2.15. The molecular weight excluding hydrogens is 270 g/mol. The maximum absolute atomic E-state index is 11.0. The van der Waals surface area contributed by atoms with Gasteiger partial charge in [-0.2, -0.15) is 0 Å². The minimum absolute atomic E-state index is 0.00875. The summed E-state index contributed by atoms with van der Waals surface area (Å²) in [4.78, 5) is 0. The Hall–Kier alpha value is -0.210. The van der Waals surface area contributed by atoms with E-state index in [1.54, 1.807) is 7.11 Å². The molecule has 7 heteroatoms. The van der Waals surface area contributed by atoms with E-state index in [1.165, 1.54) is 0 Å². The molecule has 0 aliphatic rings. The highest BCUT2D eigenvalue weighted by molar-refractivity contribution is 7.89. The van der Waals surface area contributed by atoms with Gasteiger partial charge < -0.3 is 14.2 Å². The fourth-order valence-electron chi connectivity index (χ4n) is 1.71. The number of nitrogens with two attached hydrogens (primary N) is 1. The van der Waals surface area contributed by atoms with Crippen molar-refractivity contribution in [3.05, 3.63) is 0 Å². The maximum atomic E-state index is 11.0. The number of sulfonamides is 1. The minimum Gasteiger partial charge on any atom is -0.382 e. The van der Waals surface area contributed by atoms with E-state index in [9.17, 15) is 8.42 Å². The minimum atomic E-state index is -3.42. The van der Waals surface area contributed by atoms with E-state index in [0.717, 1.165) is 19.3 Å². The molecule has 0 bridgehead atoms. The van der Waals surface area contributed by atoms with Gasteiger partial charge in [0.05, 0.1) is 25.6 Å². The summed E-state index contributed by atoms with van der Waals surface area (Å²) in [5.41, 5.74) is 0. The number of primary sulfonamides is 1. The first kappa shape index (κ1) is 18.8. The van der Waals surface area contributed by atoms with Crippen molar-refractivity contribution in [2.45, 2.75) is 26.2 Å². The number of hydrogen-bond acceptors (Lipinski definition) is 5. The van der Waals surface area contributed by atoms with E-state index in [0.29, 0.717) is 33.0 Å². The molecule has 6 nitrogen and oxygen atoms in total. The van der Waals surface area contributed by atoms with Crippen molar-refractivity contribution in [2.75, 3.05) is 45.9 Å². The number of methoxy groups -OCH3 is 1. The summed E-state index contributed by atoms with van der Waals surface area (Å²) < 4.78 is 37.7. The Bertz CT molecular complexity index is 294. The van der Waals surface area contributed by atoms with Crippen molar-refractivity contribution in [2.24, 2.45) is 11.1 Å². The summed E-state index contributed by atoms with van der Waals surface area (Å²) in [5, 5.41) is 5.05. The fourth-order valence-corrected chi connectivity index (χ4v) is 2.63. The largest absolute Gasteiger partial charge is 0.382 e. The van der Waals surface area contributed by atoms with Crippen LogP contribution in [0.3, 0.4) is 0 Å². The Morgan fingerprint density at radius 3 is 2.37 bits per heavy atom.